The van der Waals surface area contributed by atoms with Crippen LogP contribution in [-0.4, -0.2) is 288 Å². The molecule has 0 fully saturated rings. The van der Waals surface area contributed by atoms with E-state index in [1.807, 2.05) is 0 Å². The molecule has 3 aliphatic carbocycles. The van der Waals surface area contributed by atoms with Crippen LogP contribution in [-0.2, 0) is 0 Å². The fourth-order valence-corrected chi connectivity index (χ4v) is 11.1. The van der Waals surface area contributed by atoms with Crippen molar-refractivity contribution in [2.45, 2.75) is 0 Å². The molecule has 0 saturated carbocycles. The summed E-state index contributed by atoms with van der Waals surface area (Å²) in [4.78, 5) is 80.2. The van der Waals surface area contributed by atoms with E-state index in [-0.39, 0.29) is 78.5 Å². The lowest BCUT2D eigenvalue weighted by molar-refractivity contribution is -1.07. The van der Waals surface area contributed by atoms with Crippen LogP contribution < -0.4 is 31.9 Å². The van der Waals surface area contributed by atoms with Crippen molar-refractivity contribution < 1.29 is 158 Å². The van der Waals surface area contributed by atoms with Crippen molar-refractivity contribution in [1.82, 2.24) is 0 Å². The zero-order valence-electron chi connectivity index (χ0n) is 58.6. The van der Waals surface area contributed by atoms with Crippen molar-refractivity contribution in [2.75, 3.05) is 195 Å². The highest BCUT2D eigenvalue weighted by atomic mass is 19.2. The number of hydroxylamine groups is 18. The van der Waals surface area contributed by atoms with Gasteiger partial charge in [0.25, 0.3) is 0 Å². The van der Waals surface area contributed by atoms with Gasteiger partial charge < -0.3 is 62.5 Å². The molecule has 0 aliphatic heterocycles. The lowest BCUT2D eigenvalue weighted by Crippen LogP contribution is -2.40. The van der Waals surface area contributed by atoms with Crippen LogP contribution in [0.15, 0.2) is 18.2 Å². The second-order valence-corrected chi connectivity index (χ2v) is 27.9. The number of benzene rings is 6. The van der Waals surface area contributed by atoms with Crippen LogP contribution in [0.4, 0.5) is 73.6 Å². The number of ketones is 6. The molecule has 0 saturated heterocycles. The predicted molar refractivity (Wildman–Crippen MR) is 352 cm³/mol. The molecule has 30 nitrogen and oxygen atoms in total. The van der Waals surface area contributed by atoms with E-state index in [9.17, 15) is 104 Å². The Kier molecular flexibility index (Phi) is 23.6. The first-order chi connectivity index (χ1) is 48.2. The highest BCUT2D eigenvalue weighted by Crippen LogP contribution is 2.50. The van der Waals surface area contributed by atoms with E-state index in [2.05, 4.69) is 31.9 Å². The molecular formula is C66H81F9N12O18+6. The first kappa shape index (κ1) is 82.1. The van der Waals surface area contributed by atoms with Crippen LogP contribution in [0.5, 0.6) is 34.5 Å². The van der Waals surface area contributed by atoms with Gasteiger partial charge in [-0.1, -0.05) is 0 Å². The molecule has 570 valence electrons. The summed E-state index contributed by atoms with van der Waals surface area (Å²) in [5.41, 5.74) is -13.1. The maximum absolute atomic E-state index is 15.2. The van der Waals surface area contributed by atoms with E-state index in [1.165, 1.54) is 84.6 Å². The summed E-state index contributed by atoms with van der Waals surface area (Å²) in [5.74, 6) is -28.2. The van der Waals surface area contributed by atoms with Gasteiger partial charge in [0.2, 0.25) is 46.3 Å². The van der Waals surface area contributed by atoms with Gasteiger partial charge in [-0.25, -0.2) is 62.0 Å². The molecule has 3 aliphatic rings. The lowest BCUT2D eigenvalue weighted by Gasteiger charge is -2.27. The number of phenols is 6. The van der Waals surface area contributed by atoms with E-state index in [0.717, 1.165) is 12.1 Å². The molecule has 0 radical (unpaired) electrons. The number of anilines is 6. The van der Waals surface area contributed by atoms with Gasteiger partial charge in [-0.05, 0) is 12.1 Å². The van der Waals surface area contributed by atoms with Crippen LogP contribution in [0.1, 0.15) is 95.5 Å². The van der Waals surface area contributed by atoms with Gasteiger partial charge in [0, 0.05) is 6.07 Å². The summed E-state index contributed by atoms with van der Waals surface area (Å²) in [7, 11) is 17.0. The molecule has 0 atom stereocenters. The van der Waals surface area contributed by atoms with Crippen LogP contribution in [0.2, 0.25) is 0 Å². The minimum absolute atomic E-state index is 0.00466. The quantitative estimate of drug-likeness (QED) is 0.0140. The highest BCUT2D eigenvalue weighted by Gasteiger charge is 2.47. The van der Waals surface area contributed by atoms with E-state index in [0.29, 0.717) is 6.07 Å². The fourth-order valence-electron chi connectivity index (χ4n) is 11.1. The predicted octanol–water partition coefficient (Wildman–Crippen LogP) is 6.14. The van der Waals surface area contributed by atoms with Gasteiger partial charge in [0.1, 0.15) is 56.5 Å². The summed E-state index contributed by atoms with van der Waals surface area (Å²) in [6.07, 6.45) is 0. The molecular weight excluding hydrogens is 1420 g/mol. The summed E-state index contributed by atoms with van der Waals surface area (Å²) in [5, 5.41) is 135. The number of phenolic OH excluding ortho intramolecular Hbond substituents is 6. The molecule has 0 heterocycles. The number of nitrogens with one attached hydrogen (secondary N) is 6. The first-order valence-electron chi connectivity index (χ1n) is 31.6. The zero-order chi connectivity index (χ0) is 79.4. The number of quaternary nitrogens is 6. The number of fused-ring (bicyclic) bond motifs is 6. The van der Waals surface area contributed by atoms with E-state index in [4.69, 9.17) is 0 Å². The number of nitrogens with zero attached hydrogens (tertiary/aromatic N) is 6. The van der Waals surface area contributed by atoms with Crippen LogP contribution >= 0.6 is 0 Å². The van der Waals surface area contributed by atoms with Crippen molar-refractivity contribution >= 4 is 68.8 Å². The van der Waals surface area contributed by atoms with E-state index in [1.54, 1.807) is 0 Å². The van der Waals surface area contributed by atoms with Crippen molar-refractivity contribution in [3.8, 4) is 34.5 Å². The van der Waals surface area contributed by atoms with Gasteiger partial charge in [0.15, 0.2) is 58.0 Å². The molecule has 0 bridgehead atoms. The Hall–Kier alpha value is -10.2. The molecule has 6 aromatic rings. The van der Waals surface area contributed by atoms with Crippen molar-refractivity contribution in [3.63, 3.8) is 0 Å². The second-order valence-electron chi connectivity index (χ2n) is 27.9. The largest absolute Gasteiger partial charge is 0.507 e. The van der Waals surface area contributed by atoms with Crippen molar-refractivity contribution in [1.29, 1.82) is 0 Å². The molecule has 0 aromatic heterocycles. The Labute approximate surface area is 591 Å². The highest BCUT2D eigenvalue weighted by molar-refractivity contribution is 6.36. The molecule has 6 aromatic carbocycles. The SMILES string of the molecule is C[N+](C)(O)CCNc1c(F)c(F)c(NCC[N+](C)(C)O)c2c1C(=O)c1c(O)c(F)c(F)c(O)c1C2=O.C[N+](C)(O)CCNc1c(F)c(F)c(NCC[N+](C)(C)O)c2c1C(=O)c1c(O)cc(F)c(O)c1C2=O.C[N+](C)(O)CCNc1c(F)c(F)c(NCC[N+](C)(C)O)c2c1C(=O)c1c(O)ccc(O)c1C2=O. The standard InChI is InChI=1S/C22H24F4N4O6.C22H25F3N4O6.C22H26F2N4O6/c1-29(2,35)7-5-27-17-9-10(18(14(24)13(17)23)28-6-8-30(3,4)36)20(32)12-11(19(9)31)21(33)15(25)16(26)22(12)34;1-28(2,34)7-5-26-18-13-14(19(17(25)16(18)24)27-6-8-29(3,4)35)22(33)15-12(21(13)32)11(30)9-10(23)20(15)31;1-27(2,33)9-7-25-19-15-16(20(18(24)17(19)23)26-8-10-28(3,4)34)22(32)14-12(30)6-5-11(29)13(14)21(15)31/h35-36H,5-8H2,1-4H3,(H2-2,27,28,31,32,33,34);9,34-35H,5-8H2,1-4H3,(H2-2,26,27,30,31,32,33);5-6,33-34H,7-10H2,1-4H3,(H2-2,25,26,29,30,31,32)/p+6. The Morgan fingerprint density at radius 2 is 0.429 bits per heavy atom. The minimum Gasteiger partial charge on any atom is -0.507 e. The molecule has 0 spiro atoms. The smallest absolute Gasteiger partial charge is 0.205 e. The topological polar surface area (TPSA) is 417 Å². The third-order valence-electron chi connectivity index (χ3n) is 16.4. The molecule has 39 heteroatoms. The number of carbonyl (C=O) groups is 6. The van der Waals surface area contributed by atoms with Gasteiger partial charge >= 0.3 is 0 Å². The van der Waals surface area contributed by atoms with Crippen LogP contribution in [0.25, 0.3) is 0 Å². The molecule has 9 rings (SSSR count). The Morgan fingerprint density at radius 3 is 0.619 bits per heavy atom. The third-order valence-corrected chi connectivity index (χ3v) is 16.4. The number of likely N-dealkylation sites (N-methyl/N-ethyl adjacent to an activating group) is 6. The summed E-state index contributed by atoms with van der Waals surface area (Å²) in [6, 6.07) is 2.47. The number of hydrogen-bond acceptors (Lipinski definition) is 24. The maximum atomic E-state index is 15.2. The maximum Gasteiger partial charge on any atom is 0.205 e. The minimum atomic E-state index is -2.01. The van der Waals surface area contributed by atoms with Crippen LogP contribution in [0.3, 0.4) is 0 Å². The summed E-state index contributed by atoms with van der Waals surface area (Å²) < 4.78 is 130. The van der Waals surface area contributed by atoms with Crippen LogP contribution in [0, 0.1) is 52.4 Å². The number of carbonyl (C=O) groups excluding carboxylic acids is 6. The number of hydrogen-bond donors (Lipinski definition) is 18. The Morgan fingerprint density at radius 1 is 0.257 bits per heavy atom. The van der Waals surface area contributed by atoms with Gasteiger partial charge in [-0.2, -0.15) is 36.7 Å². The molecule has 105 heavy (non-hydrogen) atoms. The second kappa shape index (κ2) is 30.1. The Bertz CT molecular complexity index is 4380. The number of aromatic hydroxyl groups is 6. The zero-order valence-corrected chi connectivity index (χ0v) is 58.6. The van der Waals surface area contributed by atoms with Gasteiger partial charge in [-0.3, -0.25) is 28.8 Å². The average molecular weight is 1500 g/mol. The average Bonchev–Trinajstić information content (AvgIpc) is 0.728. The molecule has 18 N–H and O–H groups in total. The number of rotatable bonds is 24. The monoisotopic (exact) mass is 1500 g/mol. The van der Waals surface area contributed by atoms with E-state index >= 15 is 26.3 Å². The lowest BCUT2D eigenvalue weighted by atomic mass is 9.80. The molecule has 0 unspecified atom stereocenters. The van der Waals surface area contributed by atoms with Crippen molar-refractivity contribution in [3.05, 3.63) is 137 Å². The normalized spacial score (nSPS) is 13.5. The Balaban J connectivity index is 0.000000220. The van der Waals surface area contributed by atoms with Gasteiger partial charge in [-0.15, -0.1) is 0 Å². The fraction of sp³-hybridized carbons (Fsp3) is 0.364. The van der Waals surface area contributed by atoms with Gasteiger partial charge in [0.05, 0.1) is 225 Å². The van der Waals surface area contributed by atoms with Crippen molar-refractivity contribution in [2.24, 2.45) is 0 Å². The first-order valence-corrected chi connectivity index (χ1v) is 31.6. The third kappa shape index (κ3) is 17.5. The number of halogens is 9. The summed E-state index contributed by atoms with van der Waals surface area (Å²) in [6.45, 7) is -0.993. The van der Waals surface area contributed by atoms with E-state index < -0.39 is 250 Å². The molecule has 0 amide bonds. The summed E-state index contributed by atoms with van der Waals surface area (Å²) >= 11 is 0.